The number of anilines is 1. The van der Waals surface area contributed by atoms with Crippen molar-refractivity contribution in [1.82, 2.24) is 20.1 Å². The van der Waals surface area contributed by atoms with Crippen molar-refractivity contribution in [2.45, 2.75) is 33.6 Å². The van der Waals surface area contributed by atoms with Crippen LogP contribution in [-0.2, 0) is 11.2 Å². The lowest BCUT2D eigenvalue weighted by atomic mass is 9.99. The van der Waals surface area contributed by atoms with Crippen molar-refractivity contribution in [2.24, 2.45) is 0 Å². The molecule has 0 aromatic carbocycles. The molecule has 2 N–H and O–H groups in total. The standard InChI is InChI=1S/C19H18N6O3/c1-10-14(11(2)22-18(27)15(10)8-20)5-7-17(26)24-13-4-6-16(21-9-13)19-23-12(3)25-28-19/h4,6,9H,5,7H2,1-3H3,(H,22,27)(H,24,26). The van der Waals surface area contributed by atoms with E-state index < -0.39 is 5.56 Å². The first-order valence-corrected chi connectivity index (χ1v) is 8.58. The van der Waals surface area contributed by atoms with Crippen molar-refractivity contribution in [1.29, 1.82) is 5.26 Å². The monoisotopic (exact) mass is 378 g/mol. The highest BCUT2D eigenvalue weighted by molar-refractivity contribution is 5.90. The quantitative estimate of drug-likeness (QED) is 0.694. The summed E-state index contributed by atoms with van der Waals surface area (Å²) in [6.07, 6.45) is 2.11. The summed E-state index contributed by atoms with van der Waals surface area (Å²) in [6.45, 7) is 5.19. The maximum absolute atomic E-state index is 12.3. The van der Waals surface area contributed by atoms with E-state index in [4.69, 9.17) is 9.78 Å². The van der Waals surface area contributed by atoms with Crippen molar-refractivity contribution >= 4 is 11.6 Å². The number of hydrogen-bond donors (Lipinski definition) is 2. The SMILES string of the molecule is Cc1noc(-c2ccc(NC(=O)CCc3c(C)[nH]c(=O)c(C#N)c3C)cn2)n1. The van der Waals surface area contributed by atoms with Gasteiger partial charge in [0.1, 0.15) is 17.3 Å². The van der Waals surface area contributed by atoms with E-state index in [1.165, 1.54) is 6.20 Å². The van der Waals surface area contributed by atoms with Gasteiger partial charge in [0.25, 0.3) is 11.4 Å². The van der Waals surface area contributed by atoms with E-state index in [9.17, 15) is 9.59 Å². The first-order chi connectivity index (χ1) is 13.4. The number of nitrogens with zero attached hydrogens (tertiary/aromatic N) is 4. The van der Waals surface area contributed by atoms with Gasteiger partial charge in [0.2, 0.25) is 5.91 Å². The zero-order chi connectivity index (χ0) is 20.3. The molecule has 0 spiro atoms. The van der Waals surface area contributed by atoms with Gasteiger partial charge in [0.15, 0.2) is 5.82 Å². The van der Waals surface area contributed by atoms with E-state index in [0.29, 0.717) is 40.8 Å². The topological polar surface area (TPSA) is 138 Å². The van der Waals surface area contributed by atoms with E-state index in [1.807, 2.05) is 6.07 Å². The van der Waals surface area contributed by atoms with Crippen LogP contribution in [0.15, 0.2) is 27.6 Å². The Balaban J connectivity index is 1.65. The Morgan fingerprint density at radius 2 is 2.11 bits per heavy atom. The molecule has 28 heavy (non-hydrogen) atoms. The molecule has 0 aliphatic carbocycles. The number of nitriles is 1. The van der Waals surface area contributed by atoms with Crippen LogP contribution in [0.2, 0.25) is 0 Å². The van der Waals surface area contributed by atoms with Crippen LogP contribution < -0.4 is 10.9 Å². The van der Waals surface area contributed by atoms with Gasteiger partial charge in [-0.2, -0.15) is 10.2 Å². The lowest BCUT2D eigenvalue weighted by molar-refractivity contribution is -0.116. The zero-order valence-electron chi connectivity index (χ0n) is 15.7. The molecule has 9 heteroatoms. The Bertz CT molecular complexity index is 1120. The van der Waals surface area contributed by atoms with Gasteiger partial charge in [0.05, 0.1) is 11.9 Å². The molecule has 0 radical (unpaired) electrons. The summed E-state index contributed by atoms with van der Waals surface area (Å²) in [5.74, 6) is 0.626. The second-order valence-corrected chi connectivity index (χ2v) is 6.30. The fraction of sp³-hybridized carbons (Fsp3) is 0.263. The summed E-state index contributed by atoms with van der Waals surface area (Å²) < 4.78 is 5.05. The van der Waals surface area contributed by atoms with Gasteiger partial charge in [0, 0.05) is 12.1 Å². The van der Waals surface area contributed by atoms with Gasteiger partial charge in [-0.1, -0.05) is 5.16 Å². The molecular formula is C19H18N6O3. The van der Waals surface area contributed by atoms with E-state index in [0.717, 1.165) is 5.56 Å². The molecular weight excluding hydrogens is 360 g/mol. The van der Waals surface area contributed by atoms with Gasteiger partial charge in [-0.05, 0) is 50.5 Å². The van der Waals surface area contributed by atoms with Gasteiger partial charge in [-0.15, -0.1) is 0 Å². The van der Waals surface area contributed by atoms with E-state index in [-0.39, 0.29) is 17.9 Å². The minimum absolute atomic E-state index is 0.0806. The molecule has 3 rings (SSSR count). The lowest BCUT2D eigenvalue weighted by Gasteiger charge is -2.11. The second-order valence-electron chi connectivity index (χ2n) is 6.30. The van der Waals surface area contributed by atoms with Crippen LogP contribution in [0.4, 0.5) is 5.69 Å². The molecule has 0 aliphatic rings. The summed E-state index contributed by atoms with van der Waals surface area (Å²) in [6, 6.07) is 5.29. The predicted molar refractivity (Wildman–Crippen MR) is 100 cm³/mol. The fourth-order valence-electron chi connectivity index (χ4n) is 2.88. The highest BCUT2D eigenvalue weighted by atomic mass is 16.5. The third-order valence-electron chi connectivity index (χ3n) is 4.32. The number of pyridine rings is 2. The van der Waals surface area contributed by atoms with Crippen LogP contribution >= 0.6 is 0 Å². The minimum atomic E-state index is -0.409. The molecule has 3 aromatic rings. The van der Waals surface area contributed by atoms with Crippen LogP contribution in [0.5, 0.6) is 0 Å². The predicted octanol–water partition coefficient (Wildman–Crippen LogP) is 2.19. The second kappa shape index (κ2) is 7.84. The van der Waals surface area contributed by atoms with Crippen molar-refractivity contribution in [3.8, 4) is 17.7 Å². The first-order valence-electron chi connectivity index (χ1n) is 8.58. The molecule has 0 bridgehead atoms. The third kappa shape index (κ3) is 3.96. The molecule has 0 saturated heterocycles. The summed E-state index contributed by atoms with van der Waals surface area (Å²) in [5, 5.41) is 15.6. The number of amides is 1. The summed E-state index contributed by atoms with van der Waals surface area (Å²) in [5.41, 5.74) is 2.80. The maximum Gasteiger partial charge on any atom is 0.276 e. The number of aromatic amines is 1. The molecule has 0 fully saturated rings. The highest BCUT2D eigenvalue weighted by Gasteiger charge is 2.14. The highest BCUT2D eigenvalue weighted by Crippen LogP contribution is 2.18. The molecule has 1 amide bonds. The largest absolute Gasteiger partial charge is 0.332 e. The maximum atomic E-state index is 12.3. The van der Waals surface area contributed by atoms with Crippen LogP contribution in [0.25, 0.3) is 11.6 Å². The van der Waals surface area contributed by atoms with Gasteiger partial charge in [-0.3, -0.25) is 9.59 Å². The number of rotatable bonds is 5. The number of aromatic nitrogens is 4. The Hall–Kier alpha value is -3.80. The molecule has 9 nitrogen and oxygen atoms in total. The zero-order valence-corrected chi connectivity index (χ0v) is 15.7. The summed E-state index contributed by atoms with van der Waals surface area (Å²) in [4.78, 5) is 35.0. The summed E-state index contributed by atoms with van der Waals surface area (Å²) in [7, 11) is 0. The molecule has 142 valence electrons. The number of carbonyl (C=O) groups excluding carboxylic acids is 1. The van der Waals surface area contributed by atoms with E-state index >= 15 is 0 Å². The fourth-order valence-corrected chi connectivity index (χ4v) is 2.88. The number of hydrogen-bond acceptors (Lipinski definition) is 7. The summed E-state index contributed by atoms with van der Waals surface area (Å²) >= 11 is 0. The third-order valence-corrected chi connectivity index (χ3v) is 4.32. The van der Waals surface area contributed by atoms with Crippen molar-refractivity contribution in [2.75, 3.05) is 5.32 Å². The number of carbonyl (C=O) groups is 1. The van der Waals surface area contributed by atoms with Gasteiger partial charge in [-0.25, -0.2) is 4.98 Å². The van der Waals surface area contributed by atoms with Crippen LogP contribution in [0.1, 0.15) is 34.6 Å². The normalized spacial score (nSPS) is 10.5. The Labute approximate surface area is 160 Å². The number of nitrogens with one attached hydrogen (secondary N) is 2. The molecule has 0 aliphatic heterocycles. The lowest BCUT2D eigenvalue weighted by Crippen LogP contribution is -2.18. The molecule has 3 aromatic heterocycles. The molecule has 3 heterocycles. The average molecular weight is 378 g/mol. The number of aryl methyl sites for hydroxylation is 2. The van der Waals surface area contributed by atoms with Crippen molar-refractivity contribution in [3.05, 3.63) is 56.9 Å². The van der Waals surface area contributed by atoms with E-state index in [1.54, 1.807) is 32.9 Å². The number of H-pyrrole nitrogens is 1. The van der Waals surface area contributed by atoms with Crippen molar-refractivity contribution < 1.29 is 9.32 Å². The Kier molecular flexibility index (Phi) is 5.31. The van der Waals surface area contributed by atoms with Crippen LogP contribution in [0.3, 0.4) is 0 Å². The van der Waals surface area contributed by atoms with Crippen molar-refractivity contribution in [3.63, 3.8) is 0 Å². The Morgan fingerprint density at radius 1 is 1.32 bits per heavy atom. The van der Waals surface area contributed by atoms with Gasteiger partial charge >= 0.3 is 0 Å². The average Bonchev–Trinajstić information content (AvgIpc) is 3.08. The smallest absolute Gasteiger partial charge is 0.276 e. The Morgan fingerprint density at radius 3 is 2.71 bits per heavy atom. The molecule has 0 atom stereocenters. The molecule has 0 unspecified atom stereocenters. The van der Waals surface area contributed by atoms with Crippen LogP contribution in [-0.4, -0.2) is 26.0 Å². The van der Waals surface area contributed by atoms with Crippen LogP contribution in [0, 0.1) is 32.1 Å². The van der Waals surface area contributed by atoms with Gasteiger partial charge < -0.3 is 14.8 Å². The first kappa shape index (κ1) is 19.0. The molecule has 0 saturated carbocycles. The van der Waals surface area contributed by atoms with E-state index in [2.05, 4.69) is 25.4 Å². The minimum Gasteiger partial charge on any atom is -0.332 e.